The van der Waals surface area contributed by atoms with Gasteiger partial charge in [-0.1, -0.05) is 0 Å². The Morgan fingerprint density at radius 2 is 2.32 bits per heavy atom. The van der Waals surface area contributed by atoms with Crippen molar-refractivity contribution in [1.82, 2.24) is 5.32 Å². The van der Waals surface area contributed by atoms with Gasteiger partial charge in [-0.2, -0.15) is 0 Å². The quantitative estimate of drug-likeness (QED) is 0.657. The first-order chi connectivity index (χ1) is 9.15. The smallest absolute Gasteiger partial charge is 0.272 e. The highest BCUT2D eigenvalue weighted by Crippen LogP contribution is 2.18. The van der Waals surface area contributed by atoms with Crippen molar-refractivity contribution in [2.24, 2.45) is 5.92 Å². The van der Waals surface area contributed by atoms with Crippen LogP contribution in [0.5, 0.6) is 0 Å². The number of rotatable bonds is 5. The van der Waals surface area contributed by atoms with Gasteiger partial charge in [0.25, 0.3) is 5.69 Å². The summed E-state index contributed by atoms with van der Waals surface area (Å²) in [5, 5.41) is 13.9. The van der Waals surface area contributed by atoms with Crippen LogP contribution in [0.25, 0.3) is 0 Å². The number of ether oxygens (including phenoxy) is 1. The summed E-state index contributed by atoms with van der Waals surface area (Å²) in [6.07, 6.45) is 2.26. The normalized spacial score (nSPS) is 19.3. The minimum absolute atomic E-state index is 0.203. The first-order valence-corrected chi connectivity index (χ1v) is 6.37. The van der Waals surface area contributed by atoms with E-state index in [4.69, 9.17) is 4.74 Å². The topological polar surface area (TPSA) is 64.4 Å². The molecule has 1 N–H and O–H groups in total. The summed E-state index contributed by atoms with van der Waals surface area (Å²) in [7, 11) is 0. The molecular weight excluding hydrogens is 251 g/mol. The number of benzene rings is 1. The summed E-state index contributed by atoms with van der Waals surface area (Å²) in [6, 6.07) is 3.53. The van der Waals surface area contributed by atoms with Crippen molar-refractivity contribution < 1.29 is 14.1 Å². The van der Waals surface area contributed by atoms with Crippen molar-refractivity contribution >= 4 is 5.69 Å². The summed E-state index contributed by atoms with van der Waals surface area (Å²) >= 11 is 0. The third-order valence-corrected chi connectivity index (χ3v) is 3.17. The molecule has 1 aromatic carbocycles. The Bertz CT molecular complexity index is 448. The van der Waals surface area contributed by atoms with Crippen LogP contribution in [0.2, 0.25) is 0 Å². The highest BCUT2D eigenvalue weighted by atomic mass is 19.1. The molecule has 0 aliphatic carbocycles. The van der Waals surface area contributed by atoms with Gasteiger partial charge >= 0.3 is 0 Å². The number of hydrogen-bond donors (Lipinski definition) is 1. The number of nitro benzene ring substituents is 1. The molecule has 1 aliphatic rings. The molecule has 0 saturated carbocycles. The predicted molar refractivity (Wildman–Crippen MR) is 68.3 cm³/mol. The molecule has 1 heterocycles. The Morgan fingerprint density at radius 3 is 3.00 bits per heavy atom. The van der Waals surface area contributed by atoms with Crippen LogP contribution in [0, 0.1) is 21.8 Å². The van der Waals surface area contributed by atoms with Crippen LogP contribution in [-0.4, -0.2) is 24.6 Å². The van der Waals surface area contributed by atoms with E-state index in [-0.39, 0.29) is 12.3 Å². The SMILES string of the molecule is O=[N+]([O-])c1cc(F)cc(COCC2CCCNC2)c1. The van der Waals surface area contributed by atoms with E-state index in [9.17, 15) is 14.5 Å². The number of non-ortho nitro benzene ring substituents is 1. The van der Waals surface area contributed by atoms with Gasteiger partial charge in [-0.15, -0.1) is 0 Å². The number of hydrogen-bond acceptors (Lipinski definition) is 4. The van der Waals surface area contributed by atoms with Crippen LogP contribution in [0.3, 0.4) is 0 Å². The van der Waals surface area contributed by atoms with E-state index in [2.05, 4.69) is 5.32 Å². The third kappa shape index (κ3) is 4.25. The van der Waals surface area contributed by atoms with Crippen LogP contribution in [0.1, 0.15) is 18.4 Å². The van der Waals surface area contributed by atoms with Crippen molar-refractivity contribution in [3.05, 3.63) is 39.7 Å². The number of nitrogens with one attached hydrogen (secondary N) is 1. The van der Waals surface area contributed by atoms with Crippen LogP contribution in [0.15, 0.2) is 18.2 Å². The minimum Gasteiger partial charge on any atom is -0.376 e. The lowest BCUT2D eigenvalue weighted by Gasteiger charge is -2.22. The Labute approximate surface area is 110 Å². The van der Waals surface area contributed by atoms with Crippen molar-refractivity contribution in [3.8, 4) is 0 Å². The maximum absolute atomic E-state index is 13.2. The van der Waals surface area contributed by atoms with Gasteiger partial charge in [-0.25, -0.2) is 4.39 Å². The Morgan fingerprint density at radius 1 is 1.47 bits per heavy atom. The standard InChI is InChI=1S/C13H17FN2O3/c14-12-4-11(5-13(6-12)16(17)18)9-19-8-10-2-1-3-15-7-10/h4-6,10,15H,1-3,7-9H2. The molecule has 1 unspecified atom stereocenters. The Balaban J connectivity index is 1.86. The molecule has 1 aliphatic heterocycles. The third-order valence-electron chi connectivity index (χ3n) is 3.17. The Hall–Kier alpha value is -1.53. The molecule has 6 heteroatoms. The maximum atomic E-state index is 13.2. The highest BCUT2D eigenvalue weighted by molar-refractivity contribution is 5.34. The number of piperidine rings is 1. The number of nitrogens with zero attached hydrogens (tertiary/aromatic N) is 1. The predicted octanol–water partition coefficient (Wildman–Crippen LogP) is 2.25. The zero-order valence-electron chi connectivity index (χ0n) is 10.6. The molecule has 1 atom stereocenters. The van der Waals surface area contributed by atoms with Gasteiger partial charge in [0.05, 0.1) is 24.2 Å². The first-order valence-electron chi connectivity index (χ1n) is 6.37. The number of halogens is 1. The molecule has 104 valence electrons. The van der Waals surface area contributed by atoms with Gasteiger partial charge in [0, 0.05) is 12.6 Å². The molecule has 0 radical (unpaired) electrons. The molecule has 1 saturated heterocycles. The fourth-order valence-electron chi connectivity index (χ4n) is 2.23. The zero-order valence-corrected chi connectivity index (χ0v) is 10.6. The molecule has 0 bridgehead atoms. The van der Waals surface area contributed by atoms with Gasteiger partial charge in [0.2, 0.25) is 0 Å². The average Bonchev–Trinajstić information content (AvgIpc) is 2.39. The summed E-state index contributed by atoms with van der Waals surface area (Å²) < 4.78 is 18.7. The molecule has 0 amide bonds. The largest absolute Gasteiger partial charge is 0.376 e. The molecule has 5 nitrogen and oxygen atoms in total. The van der Waals surface area contributed by atoms with Gasteiger partial charge in [-0.3, -0.25) is 10.1 Å². The highest BCUT2D eigenvalue weighted by Gasteiger charge is 2.14. The Kier molecular flexibility index (Phi) is 4.81. The second-order valence-electron chi connectivity index (χ2n) is 4.80. The van der Waals surface area contributed by atoms with Gasteiger partial charge in [0.15, 0.2) is 0 Å². The van der Waals surface area contributed by atoms with E-state index in [1.54, 1.807) is 0 Å². The minimum atomic E-state index is -0.605. The molecule has 1 fully saturated rings. The molecule has 1 aromatic rings. The molecule has 2 rings (SSSR count). The van der Waals surface area contributed by atoms with E-state index >= 15 is 0 Å². The van der Waals surface area contributed by atoms with Crippen molar-refractivity contribution in [1.29, 1.82) is 0 Å². The number of nitro groups is 1. The monoisotopic (exact) mass is 268 g/mol. The van der Waals surface area contributed by atoms with Crippen molar-refractivity contribution in [2.45, 2.75) is 19.4 Å². The van der Waals surface area contributed by atoms with Gasteiger partial charge in [-0.05, 0) is 36.9 Å². The molecule has 0 spiro atoms. The van der Waals surface area contributed by atoms with E-state index in [0.29, 0.717) is 18.1 Å². The van der Waals surface area contributed by atoms with Gasteiger partial charge < -0.3 is 10.1 Å². The fourth-order valence-corrected chi connectivity index (χ4v) is 2.23. The van der Waals surface area contributed by atoms with E-state index in [1.807, 2.05) is 0 Å². The zero-order chi connectivity index (χ0) is 13.7. The van der Waals surface area contributed by atoms with Crippen molar-refractivity contribution in [3.63, 3.8) is 0 Å². The lowest BCUT2D eigenvalue weighted by molar-refractivity contribution is -0.385. The van der Waals surface area contributed by atoms with Crippen LogP contribution in [0.4, 0.5) is 10.1 Å². The summed E-state index contributed by atoms with van der Waals surface area (Å²) in [5.74, 6) is -0.135. The van der Waals surface area contributed by atoms with Crippen LogP contribution >= 0.6 is 0 Å². The van der Waals surface area contributed by atoms with Crippen LogP contribution < -0.4 is 5.32 Å². The first kappa shape index (κ1) is 13.9. The second-order valence-corrected chi connectivity index (χ2v) is 4.80. The summed E-state index contributed by atoms with van der Waals surface area (Å²) in [6.45, 7) is 2.78. The summed E-state index contributed by atoms with van der Waals surface area (Å²) in [4.78, 5) is 10.0. The van der Waals surface area contributed by atoms with E-state index in [0.717, 1.165) is 32.0 Å². The molecule has 19 heavy (non-hydrogen) atoms. The fraction of sp³-hybridized carbons (Fsp3) is 0.538. The van der Waals surface area contributed by atoms with Crippen LogP contribution in [-0.2, 0) is 11.3 Å². The maximum Gasteiger partial charge on any atom is 0.272 e. The summed E-state index contributed by atoms with van der Waals surface area (Å²) in [5.41, 5.74) is 0.258. The van der Waals surface area contributed by atoms with E-state index < -0.39 is 10.7 Å². The van der Waals surface area contributed by atoms with Crippen molar-refractivity contribution in [2.75, 3.05) is 19.7 Å². The lowest BCUT2D eigenvalue weighted by Crippen LogP contribution is -2.32. The average molecular weight is 268 g/mol. The van der Waals surface area contributed by atoms with E-state index in [1.165, 1.54) is 12.1 Å². The second kappa shape index (κ2) is 6.58. The molecule has 0 aromatic heterocycles. The van der Waals surface area contributed by atoms with Gasteiger partial charge in [0.1, 0.15) is 5.82 Å². The molecular formula is C13H17FN2O3. The lowest BCUT2D eigenvalue weighted by atomic mass is 10.0.